The number of piperazine rings is 1. The summed E-state index contributed by atoms with van der Waals surface area (Å²) in [6.45, 7) is 11.6. The van der Waals surface area contributed by atoms with E-state index < -0.39 is 0 Å². The van der Waals surface area contributed by atoms with Crippen LogP contribution >= 0.6 is 0 Å². The predicted octanol–water partition coefficient (Wildman–Crippen LogP) is 2.91. The summed E-state index contributed by atoms with van der Waals surface area (Å²) in [5.41, 5.74) is 4.96. The maximum atomic E-state index is 9.52. The molecule has 1 saturated heterocycles. The smallest absolute Gasteiger partial charge is 0.0650 e. The third-order valence-electron chi connectivity index (χ3n) is 5.29. The molecule has 0 spiro atoms. The van der Waals surface area contributed by atoms with Gasteiger partial charge >= 0.3 is 0 Å². The minimum atomic E-state index is 0.241. The molecule has 0 bridgehead atoms. The van der Waals surface area contributed by atoms with Gasteiger partial charge in [-0.3, -0.25) is 14.9 Å². The van der Waals surface area contributed by atoms with E-state index in [-0.39, 0.29) is 6.61 Å². The number of H-pyrrole nitrogens is 1. The summed E-state index contributed by atoms with van der Waals surface area (Å²) in [5.74, 6) is 0.452. The average Bonchev–Trinajstić information content (AvgIpc) is 3.08. The molecule has 0 aliphatic carbocycles. The summed E-state index contributed by atoms with van der Waals surface area (Å²) in [6.07, 6.45) is 0.822. The quantitative estimate of drug-likeness (QED) is 0.801. The van der Waals surface area contributed by atoms with Crippen LogP contribution in [0.5, 0.6) is 0 Å². The molecule has 142 valence electrons. The van der Waals surface area contributed by atoms with Crippen LogP contribution in [0, 0.1) is 6.92 Å². The Morgan fingerprint density at radius 3 is 2.62 bits per heavy atom. The fourth-order valence-electron chi connectivity index (χ4n) is 3.66. The van der Waals surface area contributed by atoms with Gasteiger partial charge in [0.2, 0.25) is 0 Å². The van der Waals surface area contributed by atoms with E-state index in [4.69, 9.17) is 0 Å². The van der Waals surface area contributed by atoms with E-state index in [1.165, 1.54) is 16.8 Å². The number of aliphatic hydroxyl groups excluding tert-OH is 1. The molecule has 3 rings (SSSR count). The fraction of sp³-hybridized carbons (Fsp3) is 0.571. The van der Waals surface area contributed by atoms with Gasteiger partial charge in [-0.1, -0.05) is 43.7 Å². The summed E-state index contributed by atoms with van der Waals surface area (Å²) >= 11 is 0. The lowest BCUT2D eigenvalue weighted by molar-refractivity contribution is 0.0494. The summed E-state index contributed by atoms with van der Waals surface area (Å²) in [7, 11) is 0. The van der Waals surface area contributed by atoms with Gasteiger partial charge in [0.15, 0.2) is 0 Å². The number of aliphatic hydroxyl groups is 1. The zero-order valence-corrected chi connectivity index (χ0v) is 16.3. The Morgan fingerprint density at radius 1 is 1.19 bits per heavy atom. The van der Waals surface area contributed by atoms with E-state index >= 15 is 0 Å². The molecule has 1 aliphatic heterocycles. The van der Waals surface area contributed by atoms with Crippen molar-refractivity contribution in [2.45, 2.75) is 52.2 Å². The van der Waals surface area contributed by atoms with Gasteiger partial charge in [0.25, 0.3) is 0 Å². The lowest BCUT2D eigenvalue weighted by Gasteiger charge is -2.41. The van der Waals surface area contributed by atoms with Crippen molar-refractivity contribution in [3.8, 4) is 0 Å². The third-order valence-corrected chi connectivity index (χ3v) is 5.29. The van der Waals surface area contributed by atoms with E-state index in [1.54, 1.807) is 0 Å². The van der Waals surface area contributed by atoms with Crippen molar-refractivity contribution in [3.05, 3.63) is 52.8 Å². The van der Waals surface area contributed by atoms with Crippen LogP contribution in [0.15, 0.2) is 30.3 Å². The highest BCUT2D eigenvalue weighted by Crippen LogP contribution is 2.19. The first kappa shape index (κ1) is 19.1. The number of aromatic amines is 1. The minimum Gasteiger partial charge on any atom is -0.396 e. The Hall–Kier alpha value is -1.69. The van der Waals surface area contributed by atoms with Crippen molar-refractivity contribution < 1.29 is 5.11 Å². The van der Waals surface area contributed by atoms with Gasteiger partial charge < -0.3 is 5.11 Å². The number of nitrogens with zero attached hydrogens (tertiary/aromatic N) is 3. The van der Waals surface area contributed by atoms with E-state index in [2.05, 4.69) is 71.1 Å². The first-order valence-corrected chi connectivity index (χ1v) is 9.72. The van der Waals surface area contributed by atoms with Crippen LogP contribution in [0.1, 0.15) is 48.7 Å². The number of benzene rings is 1. The fourth-order valence-corrected chi connectivity index (χ4v) is 3.66. The molecular weight excluding hydrogens is 324 g/mol. The Kier molecular flexibility index (Phi) is 6.46. The molecule has 1 aromatic carbocycles. The molecule has 2 N–H and O–H groups in total. The second-order valence-electron chi connectivity index (χ2n) is 7.83. The molecule has 2 aromatic rings. The van der Waals surface area contributed by atoms with Crippen LogP contribution in [-0.4, -0.2) is 57.4 Å². The lowest BCUT2D eigenvalue weighted by Crippen LogP contribution is -2.52. The van der Waals surface area contributed by atoms with Crippen LogP contribution < -0.4 is 0 Å². The lowest BCUT2D eigenvalue weighted by atomic mass is 10.1. The van der Waals surface area contributed by atoms with Crippen LogP contribution in [0.3, 0.4) is 0 Å². The van der Waals surface area contributed by atoms with Crippen molar-refractivity contribution in [1.29, 1.82) is 0 Å². The number of aromatic nitrogens is 2. The van der Waals surface area contributed by atoms with Crippen molar-refractivity contribution in [2.75, 3.05) is 26.2 Å². The second-order valence-corrected chi connectivity index (χ2v) is 7.83. The van der Waals surface area contributed by atoms with E-state index in [0.717, 1.165) is 44.8 Å². The number of hydrogen-bond donors (Lipinski definition) is 2. The van der Waals surface area contributed by atoms with Gasteiger partial charge in [0, 0.05) is 51.1 Å². The highest BCUT2D eigenvalue weighted by molar-refractivity contribution is 5.21. The van der Waals surface area contributed by atoms with Crippen molar-refractivity contribution in [3.63, 3.8) is 0 Å². The van der Waals surface area contributed by atoms with Gasteiger partial charge in [-0.15, -0.1) is 0 Å². The maximum Gasteiger partial charge on any atom is 0.0650 e. The van der Waals surface area contributed by atoms with E-state index in [0.29, 0.717) is 12.0 Å². The molecule has 1 aliphatic rings. The van der Waals surface area contributed by atoms with Crippen molar-refractivity contribution in [1.82, 2.24) is 20.0 Å². The molecule has 0 amide bonds. The molecule has 5 heteroatoms. The number of nitrogens with one attached hydrogen (secondary N) is 1. The molecule has 26 heavy (non-hydrogen) atoms. The molecule has 0 saturated carbocycles. The number of aryl methyl sites for hydroxylation is 1. The standard InChI is InChI=1S/C21H32N4O/c1-16(2)21-12-19(22-23-21)14-24-9-10-25(20(15-24)8-11-26)13-18-6-4-17(3)5-7-18/h4-7,12,16,20,26H,8-11,13-15H2,1-3H3,(H,22,23). The van der Waals surface area contributed by atoms with Gasteiger partial charge in [-0.05, 0) is 30.9 Å². The SMILES string of the molecule is Cc1ccc(CN2CCN(Cc3cc(C(C)C)n[nH]3)CC2CCO)cc1. The Balaban J connectivity index is 1.60. The van der Waals surface area contributed by atoms with Gasteiger partial charge in [0.1, 0.15) is 0 Å². The zero-order chi connectivity index (χ0) is 18.5. The van der Waals surface area contributed by atoms with Gasteiger partial charge in [-0.2, -0.15) is 5.10 Å². The summed E-state index contributed by atoms with van der Waals surface area (Å²) in [5, 5.41) is 17.1. The Bertz CT molecular complexity index is 680. The van der Waals surface area contributed by atoms with E-state index in [1.807, 2.05) is 0 Å². The van der Waals surface area contributed by atoms with Crippen molar-refractivity contribution >= 4 is 0 Å². The largest absolute Gasteiger partial charge is 0.396 e. The summed E-state index contributed by atoms with van der Waals surface area (Å²) < 4.78 is 0. The first-order valence-electron chi connectivity index (χ1n) is 9.72. The zero-order valence-electron chi connectivity index (χ0n) is 16.3. The van der Waals surface area contributed by atoms with Crippen molar-refractivity contribution in [2.24, 2.45) is 0 Å². The van der Waals surface area contributed by atoms with E-state index in [9.17, 15) is 5.11 Å². The molecular formula is C21H32N4O. The molecule has 1 atom stereocenters. The normalized spacial score (nSPS) is 19.3. The van der Waals surface area contributed by atoms with Gasteiger partial charge in [0.05, 0.1) is 5.69 Å². The second kappa shape index (κ2) is 8.80. The van der Waals surface area contributed by atoms with Gasteiger partial charge in [-0.25, -0.2) is 0 Å². The highest BCUT2D eigenvalue weighted by Gasteiger charge is 2.27. The highest BCUT2D eigenvalue weighted by atomic mass is 16.3. The Labute approximate surface area is 157 Å². The monoisotopic (exact) mass is 356 g/mol. The summed E-state index contributed by atoms with van der Waals surface area (Å²) in [4.78, 5) is 4.99. The molecule has 5 nitrogen and oxygen atoms in total. The molecule has 1 aromatic heterocycles. The minimum absolute atomic E-state index is 0.241. The Morgan fingerprint density at radius 2 is 1.96 bits per heavy atom. The van der Waals surface area contributed by atoms with Crippen LogP contribution in [0.2, 0.25) is 0 Å². The summed E-state index contributed by atoms with van der Waals surface area (Å²) in [6, 6.07) is 11.4. The molecule has 0 radical (unpaired) electrons. The maximum absolute atomic E-state index is 9.52. The molecule has 1 unspecified atom stereocenters. The number of rotatable bonds is 7. The molecule has 2 heterocycles. The first-order chi connectivity index (χ1) is 12.5. The van der Waals surface area contributed by atoms with Crippen LogP contribution in [0.4, 0.5) is 0 Å². The van der Waals surface area contributed by atoms with Crippen LogP contribution in [0.25, 0.3) is 0 Å². The topological polar surface area (TPSA) is 55.4 Å². The predicted molar refractivity (Wildman–Crippen MR) is 105 cm³/mol. The molecule has 1 fully saturated rings. The average molecular weight is 357 g/mol. The number of hydrogen-bond acceptors (Lipinski definition) is 4. The third kappa shape index (κ3) is 4.93. The van der Waals surface area contributed by atoms with Crippen LogP contribution in [-0.2, 0) is 13.1 Å².